The second-order valence-electron chi connectivity index (χ2n) is 4.27. The van der Waals surface area contributed by atoms with Crippen molar-refractivity contribution in [1.82, 2.24) is 10.2 Å². The number of rotatable bonds is 1. The Balaban J connectivity index is 1.89. The third-order valence-electron chi connectivity index (χ3n) is 3.12. The fourth-order valence-electron chi connectivity index (χ4n) is 2.28. The highest BCUT2D eigenvalue weighted by Crippen LogP contribution is 2.16. The molecular weight excluding hydrogens is 180 g/mol. The minimum Gasteiger partial charge on any atom is -0.391 e. The van der Waals surface area contributed by atoms with Gasteiger partial charge in [-0.25, -0.2) is 0 Å². The van der Waals surface area contributed by atoms with Crippen LogP contribution in [0.2, 0.25) is 0 Å². The second kappa shape index (κ2) is 4.28. The number of carbonyl (C=O) groups is 1. The normalized spacial score (nSPS) is 33.4. The molecule has 1 amide bonds. The van der Waals surface area contributed by atoms with Gasteiger partial charge in [0, 0.05) is 19.6 Å². The van der Waals surface area contributed by atoms with E-state index < -0.39 is 0 Å². The second-order valence-corrected chi connectivity index (χ2v) is 4.27. The van der Waals surface area contributed by atoms with Crippen LogP contribution in [0.5, 0.6) is 0 Å². The highest BCUT2D eigenvalue weighted by molar-refractivity contribution is 5.79. The molecule has 4 heteroatoms. The molecule has 0 aromatic heterocycles. The Kier molecular flexibility index (Phi) is 3.03. The molecule has 14 heavy (non-hydrogen) atoms. The molecule has 2 saturated heterocycles. The summed E-state index contributed by atoms with van der Waals surface area (Å²) in [7, 11) is 0. The SMILES string of the molecule is O=C([C@H]1CCNC1)N1CCC[C@H](O)C1. The van der Waals surface area contributed by atoms with E-state index in [9.17, 15) is 9.90 Å². The maximum absolute atomic E-state index is 11.9. The predicted octanol–water partition coefficient (Wildman–Crippen LogP) is -0.421. The van der Waals surface area contributed by atoms with Crippen molar-refractivity contribution in [1.29, 1.82) is 0 Å². The van der Waals surface area contributed by atoms with E-state index in [2.05, 4.69) is 5.32 Å². The van der Waals surface area contributed by atoms with Gasteiger partial charge < -0.3 is 15.3 Å². The lowest BCUT2D eigenvalue weighted by Crippen LogP contribution is -2.45. The van der Waals surface area contributed by atoms with E-state index in [0.29, 0.717) is 6.54 Å². The summed E-state index contributed by atoms with van der Waals surface area (Å²) < 4.78 is 0. The molecule has 2 atom stereocenters. The lowest BCUT2D eigenvalue weighted by Gasteiger charge is -2.31. The number of amides is 1. The van der Waals surface area contributed by atoms with Crippen LogP contribution in [0, 0.1) is 5.92 Å². The van der Waals surface area contributed by atoms with Crippen LogP contribution in [0.1, 0.15) is 19.3 Å². The van der Waals surface area contributed by atoms with Crippen molar-refractivity contribution in [3.63, 3.8) is 0 Å². The summed E-state index contributed by atoms with van der Waals surface area (Å²) >= 11 is 0. The van der Waals surface area contributed by atoms with Crippen molar-refractivity contribution in [3.8, 4) is 0 Å². The van der Waals surface area contributed by atoms with E-state index in [-0.39, 0.29) is 17.9 Å². The van der Waals surface area contributed by atoms with Crippen LogP contribution in [0.4, 0.5) is 0 Å². The van der Waals surface area contributed by atoms with Crippen molar-refractivity contribution >= 4 is 5.91 Å². The Morgan fingerprint density at radius 1 is 1.43 bits per heavy atom. The summed E-state index contributed by atoms with van der Waals surface area (Å²) in [4.78, 5) is 13.7. The van der Waals surface area contributed by atoms with Gasteiger partial charge in [0.15, 0.2) is 0 Å². The van der Waals surface area contributed by atoms with E-state index in [4.69, 9.17) is 0 Å². The van der Waals surface area contributed by atoms with Crippen LogP contribution >= 0.6 is 0 Å². The first-order chi connectivity index (χ1) is 6.77. The molecule has 2 aliphatic rings. The first-order valence-corrected chi connectivity index (χ1v) is 5.45. The number of aliphatic hydroxyl groups excluding tert-OH is 1. The minimum absolute atomic E-state index is 0.153. The van der Waals surface area contributed by atoms with Gasteiger partial charge in [-0.2, -0.15) is 0 Å². The monoisotopic (exact) mass is 198 g/mol. The van der Waals surface area contributed by atoms with Gasteiger partial charge in [-0.1, -0.05) is 0 Å². The van der Waals surface area contributed by atoms with Crippen LogP contribution in [0.3, 0.4) is 0 Å². The van der Waals surface area contributed by atoms with Crippen molar-refractivity contribution in [2.45, 2.75) is 25.4 Å². The maximum Gasteiger partial charge on any atom is 0.227 e. The quantitative estimate of drug-likeness (QED) is 0.601. The fraction of sp³-hybridized carbons (Fsp3) is 0.900. The third kappa shape index (κ3) is 2.07. The van der Waals surface area contributed by atoms with Crippen molar-refractivity contribution in [2.75, 3.05) is 26.2 Å². The average molecular weight is 198 g/mol. The Labute approximate surface area is 84.3 Å². The number of hydrogen-bond donors (Lipinski definition) is 2. The molecule has 0 saturated carbocycles. The standard InChI is InChI=1S/C10H18N2O2/c13-9-2-1-5-12(7-9)10(14)8-3-4-11-6-8/h8-9,11,13H,1-7H2/t8-,9-/m0/s1. The van der Waals surface area contributed by atoms with Gasteiger partial charge in [0.05, 0.1) is 12.0 Å². The molecule has 0 radical (unpaired) electrons. The molecule has 0 aromatic rings. The third-order valence-corrected chi connectivity index (χ3v) is 3.12. The predicted molar refractivity (Wildman–Crippen MR) is 52.8 cm³/mol. The molecule has 2 heterocycles. The number of nitrogens with one attached hydrogen (secondary N) is 1. The molecule has 2 rings (SSSR count). The molecule has 0 unspecified atom stereocenters. The van der Waals surface area contributed by atoms with E-state index in [1.54, 1.807) is 0 Å². The fourth-order valence-corrected chi connectivity index (χ4v) is 2.28. The number of β-amino-alcohol motifs (C(OH)–C–C–N with tert-alkyl or cyclic N) is 1. The number of nitrogens with zero attached hydrogens (tertiary/aromatic N) is 1. The average Bonchev–Trinajstić information content (AvgIpc) is 2.69. The summed E-state index contributed by atoms with van der Waals surface area (Å²) in [6, 6.07) is 0. The van der Waals surface area contributed by atoms with E-state index >= 15 is 0 Å². The Hall–Kier alpha value is -0.610. The first kappa shape index (κ1) is 9.93. The molecule has 0 aliphatic carbocycles. The first-order valence-electron chi connectivity index (χ1n) is 5.45. The zero-order chi connectivity index (χ0) is 9.97. The van der Waals surface area contributed by atoms with Gasteiger partial charge in [-0.3, -0.25) is 4.79 Å². The minimum atomic E-state index is -0.304. The molecule has 2 fully saturated rings. The molecule has 4 nitrogen and oxygen atoms in total. The van der Waals surface area contributed by atoms with Crippen molar-refractivity contribution in [2.24, 2.45) is 5.92 Å². The number of likely N-dealkylation sites (tertiary alicyclic amines) is 1. The van der Waals surface area contributed by atoms with E-state index in [0.717, 1.165) is 38.9 Å². The van der Waals surface area contributed by atoms with Gasteiger partial charge in [-0.15, -0.1) is 0 Å². The Morgan fingerprint density at radius 3 is 2.93 bits per heavy atom. The molecule has 0 aromatic carbocycles. The van der Waals surface area contributed by atoms with Crippen LogP contribution in [-0.4, -0.2) is 48.2 Å². The smallest absolute Gasteiger partial charge is 0.227 e. The summed E-state index contributed by atoms with van der Waals surface area (Å²) in [5.41, 5.74) is 0. The van der Waals surface area contributed by atoms with Crippen LogP contribution in [0.25, 0.3) is 0 Å². The maximum atomic E-state index is 11.9. The summed E-state index contributed by atoms with van der Waals surface area (Å²) in [6.07, 6.45) is 2.42. The van der Waals surface area contributed by atoms with Crippen LogP contribution < -0.4 is 5.32 Å². The number of carbonyl (C=O) groups excluding carboxylic acids is 1. The van der Waals surface area contributed by atoms with Crippen molar-refractivity contribution in [3.05, 3.63) is 0 Å². The van der Waals surface area contributed by atoms with Gasteiger partial charge in [0.2, 0.25) is 5.91 Å². The summed E-state index contributed by atoms with van der Waals surface area (Å²) in [5, 5.41) is 12.7. The lowest BCUT2D eigenvalue weighted by molar-refractivity contribution is -0.137. The van der Waals surface area contributed by atoms with Gasteiger partial charge in [-0.05, 0) is 25.8 Å². The molecule has 80 valence electrons. The van der Waals surface area contributed by atoms with Crippen molar-refractivity contribution < 1.29 is 9.90 Å². The number of hydrogen-bond acceptors (Lipinski definition) is 3. The molecule has 2 N–H and O–H groups in total. The van der Waals surface area contributed by atoms with Gasteiger partial charge in [0.25, 0.3) is 0 Å². The zero-order valence-electron chi connectivity index (χ0n) is 8.41. The topological polar surface area (TPSA) is 52.6 Å². The van der Waals surface area contributed by atoms with Crippen LogP contribution in [-0.2, 0) is 4.79 Å². The number of aliphatic hydroxyl groups is 1. The zero-order valence-corrected chi connectivity index (χ0v) is 8.41. The largest absolute Gasteiger partial charge is 0.391 e. The molecular formula is C10H18N2O2. The summed E-state index contributed by atoms with van der Waals surface area (Å²) in [6.45, 7) is 3.12. The lowest BCUT2D eigenvalue weighted by atomic mass is 10.0. The molecule has 0 bridgehead atoms. The van der Waals surface area contributed by atoms with E-state index in [1.807, 2.05) is 4.90 Å². The summed E-state index contributed by atoms with van der Waals surface area (Å²) in [5.74, 6) is 0.383. The Bertz CT molecular complexity index is 214. The highest BCUT2D eigenvalue weighted by Gasteiger charge is 2.29. The van der Waals surface area contributed by atoms with Crippen LogP contribution in [0.15, 0.2) is 0 Å². The molecule has 0 spiro atoms. The van der Waals surface area contributed by atoms with Gasteiger partial charge in [0.1, 0.15) is 0 Å². The number of piperidine rings is 1. The van der Waals surface area contributed by atoms with E-state index in [1.165, 1.54) is 0 Å². The highest BCUT2D eigenvalue weighted by atomic mass is 16.3. The molecule has 2 aliphatic heterocycles. The Morgan fingerprint density at radius 2 is 2.29 bits per heavy atom. The van der Waals surface area contributed by atoms with Gasteiger partial charge >= 0.3 is 0 Å².